The van der Waals surface area contributed by atoms with Gasteiger partial charge < -0.3 is 5.11 Å². The summed E-state index contributed by atoms with van der Waals surface area (Å²) < 4.78 is 0. The van der Waals surface area contributed by atoms with Crippen molar-refractivity contribution in [3.05, 3.63) is 24.3 Å². The van der Waals surface area contributed by atoms with Crippen LogP contribution in [0.25, 0.3) is 0 Å². The Morgan fingerprint density at radius 2 is 2.20 bits per heavy atom. The highest BCUT2D eigenvalue weighted by atomic mass is 79.9. The van der Waals surface area contributed by atoms with Crippen LogP contribution in [-0.2, 0) is 4.79 Å². The molecule has 0 heterocycles. The average molecular weight is 205 g/mol. The van der Waals surface area contributed by atoms with Crippen LogP contribution < -0.4 is 0 Å². The summed E-state index contributed by atoms with van der Waals surface area (Å²) >= 11 is 3.24. The standard InChI is InChI=1S/C7H9BrO2/c8-6-4-2-1-3-5-7(9)10/h1-3,5H,4,6H2,(H,9,10)/b2-1+,5-3+. The van der Waals surface area contributed by atoms with Gasteiger partial charge in [0.25, 0.3) is 0 Å². The Morgan fingerprint density at radius 3 is 2.70 bits per heavy atom. The number of halogens is 1. The minimum Gasteiger partial charge on any atom is -0.478 e. The fourth-order valence-electron chi connectivity index (χ4n) is 0.376. The Kier molecular flexibility index (Phi) is 6.18. The summed E-state index contributed by atoms with van der Waals surface area (Å²) in [5, 5.41) is 9.05. The zero-order valence-corrected chi connectivity index (χ0v) is 7.04. The summed E-state index contributed by atoms with van der Waals surface area (Å²) in [4.78, 5) is 9.90. The number of allylic oxidation sites excluding steroid dienone is 3. The van der Waals surface area contributed by atoms with Gasteiger partial charge in [0.2, 0.25) is 0 Å². The van der Waals surface area contributed by atoms with Crippen molar-refractivity contribution in [2.24, 2.45) is 0 Å². The Balaban J connectivity index is 3.42. The number of alkyl halides is 1. The van der Waals surface area contributed by atoms with Crippen LogP contribution >= 0.6 is 15.9 Å². The van der Waals surface area contributed by atoms with E-state index in [1.807, 2.05) is 6.08 Å². The highest BCUT2D eigenvalue weighted by Crippen LogP contribution is 1.89. The van der Waals surface area contributed by atoms with Gasteiger partial charge in [-0.05, 0) is 6.42 Å². The predicted molar refractivity (Wildman–Crippen MR) is 44.3 cm³/mol. The van der Waals surface area contributed by atoms with Gasteiger partial charge in [0, 0.05) is 11.4 Å². The SMILES string of the molecule is O=C(O)/C=C/C=C/CCBr. The van der Waals surface area contributed by atoms with Gasteiger partial charge in [-0.1, -0.05) is 34.2 Å². The third-order valence-electron chi connectivity index (χ3n) is 0.762. The van der Waals surface area contributed by atoms with E-state index >= 15 is 0 Å². The maximum atomic E-state index is 9.90. The summed E-state index contributed by atoms with van der Waals surface area (Å²) in [6, 6.07) is 0. The topological polar surface area (TPSA) is 37.3 Å². The lowest BCUT2D eigenvalue weighted by atomic mass is 10.4. The molecule has 0 bridgehead atoms. The van der Waals surface area contributed by atoms with Crippen LogP contribution in [0.1, 0.15) is 6.42 Å². The second-order valence-electron chi connectivity index (χ2n) is 1.60. The minimum atomic E-state index is -0.913. The third kappa shape index (κ3) is 7.43. The Morgan fingerprint density at radius 1 is 1.50 bits per heavy atom. The van der Waals surface area contributed by atoms with Crippen molar-refractivity contribution in [2.45, 2.75) is 6.42 Å². The molecule has 10 heavy (non-hydrogen) atoms. The van der Waals surface area contributed by atoms with Gasteiger partial charge in [0.1, 0.15) is 0 Å². The maximum Gasteiger partial charge on any atom is 0.328 e. The van der Waals surface area contributed by atoms with Crippen molar-refractivity contribution in [3.63, 3.8) is 0 Å². The van der Waals surface area contributed by atoms with E-state index in [0.717, 1.165) is 17.8 Å². The average Bonchev–Trinajstić information content (AvgIpc) is 1.87. The molecule has 0 amide bonds. The van der Waals surface area contributed by atoms with E-state index in [-0.39, 0.29) is 0 Å². The fourth-order valence-corrected chi connectivity index (χ4v) is 0.640. The molecule has 0 aromatic carbocycles. The number of carboxylic acids is 1. The zero-order chi connectivity index (χ0) is 7.82. The molecule has 56 valence electrons. The Labute approximate surface area is 68.4 Å². The number of carboxylic acid groups (broad SMARTS) is 1. The molecule has 3 heteroatoms. The molecule has 0 aliphatic heterocycles. The lowest BCUT2D eigenvalue weighted by molar-refractivity contribution is -0.131. The van der Waals surface area contributed by atoms with Gasteiger partial charge >= 0.3 is 5.97 Å². The first-order valence-electron chi connectivity index (χ1n) is 2.89. The Bertz CT molecular complexity index is 150. The van der Waals surface area contributed by atoms with Crippen molar-refractivity contribution in [1.29, 1.82) is 0 Å². The fraction of sp³-hybridized carbons (Fsp3) is 0.286. The highest BCUT2D eigenvalue weighted by Gasteiger charge is 1.79. The van der Waals surface area contributed by atoms with E-state index in [1.54, 1.807) is 6.08 Å². The largest absolute Gasteiger partial charge is 0.478 e. The summed E-state index contributed by atoms with van der Waals surface area (Å²) in [6.07, 6.45) is 7.14. The molecule has 0 rings (SSSR count). The molecule has 0 aliphatic rings. The molecule has 2 nitrogen and oxygen atoms in total. The van der Waals surface area contributed by atoms with Crippen LogP contribution in [0.3, 0.4) is 0 Å². The summed E-state index contributed by atoms with van der Waals surface area (Å²) in [5.41, 5.74) is 0. The van der Waals surface area contributed by atoms with E-state index in [0.29, 0.717) is 0 Å². The first kappa shape index (κ1) is 9.43. The molecule has 1 N–H and O–H groups in total. The number of hydrogen-bond donors (Lipinski definition) is 1. The normalized spacial score (nSPS) is 11.3. The number of aliphatic carboxylic acids is 1. The van der Waals surface area contributed by atoms with Crippen molar-refractivity contribution in [2.75, 3.05) is 5.33 Å². The van der Waals surface area contributed by atoms with Crippen molar-refractivity contribution >= 4 is 21.9 Å². The van der Waals surface area contributed by atoms with Crippen molar-refractivity contribution in [3.8, 4) is 0 Å². The summed E-state index contributed by atoms with van der Waals surface area (Å²) in [6.45, 7) is 0. The second kappa shape index (κ2) is 6.55. The molecule has 0 aliphatic carbocycles. The lowest BCUT2D eigenvalue weighted by Crippen LogP contribution is -1.84. The number of carbonyl (C=O) groups is 1. The van der Waals surface area contributed by atoms with Gasteiger partial charge in [0.15, 0.2) is 0 Å². The van der Waals surface area contributed by atoms with Gasteiger partial charge in [-0.15, -0.1) is 0 Å². The number of rotatable bonds is 4. The van der Waals surface area contributed by atoms with Crippen LogP contribution in [-0.4, -0.2) is 16.4 Å². The van der Waals surface area contributed by atoms with Crippen LogP contribution in [0.2, 0.25) is 0 Å². The first-order valence-corrected chi connectivity index (χ1v) is 4.01. The molecule has 0 saturated carbocycles. The van der Waals surface area contributed by atoms with E-state index in [9.17, 15) is 4.79 Å². The predicted octanol–water partition coefficient (Wildman–Crippen LogP) is 1.97. The van der Waals surface area contributed by atoms with Crippen LogP contribution in [0.15, 0.2) is 24.3 Å². The van der Waals surface area contributed by atoms with Crippen LogP contribution in [0.5, 0.6) is 0 Å². The maximum absolute atomic E-state index is 9.90. The van der Waals surface area contributed by atoms with E-state index < -0.39 is 5.97 Å². The van der Waals surface area contributed by atoms with Crippen molar-refractivity contribution < 1.29 is 9.90 Å². The van der Waals surface area contributed by atoms with Gasteiger partial charge in [0.05, 0.1) is 0 Å². The summed E-state index contributed by atoms with van der Waals surface area (Å²) in [5.74, 6) is -0.913. The monoisotopic (exact) mass is 204 g/mol. The number of hydrogen-bond acceptors (Lipinski definition) is 1. The summed E-state index contributed by atoms with van der Waals surface area (Å²) in [7, 11) is 0. The van der Waals surface area contributed by atoms with Crippen LogP contribution in [0.4, 0.5) is 0 Å². The smallest absolute Gasteiger partial charge is 0.328 e. The molecule has 0 saturated heterocycles. The van der Waals surface area contributed by atoms with Gasteiger partial charge in [-0.25, -0.2) is 4.79 Å². The van der Waals surface area contributed by atoms with E-state index in [4.69, 9.17) is 5.11 Å². The van der Waals surface area contributed by atoms with E-state index in [2.05, 4.69) is 15.9 Å². The third-order valence-corrected chi connectivity index (χ3v) is 1.22. The highest BCUT2D eigenvalue weighted by molar-refractivity contribution is 9.09. The van der Waals surface area contributed by atoms with Gasteiger partial charge in [-0.3, -0.25) is 0 Å². The molecular formula is C7H9BrO2. The van der Waals surface area contributed by atoms with Crippen LogP contribution in [0, 0.1) is 0 Å². The molecule has 0 spiro atoms. The first-order chi connectivity index (χ1) is 4.77. The van der Waals surface area contributed by atoms with Crippen molar-refractivity contribution in [1.82, 2.24) is 0 Å². The molecular weight excluding hydrogens is 196 g/mol. The lowest BCUT2D eigenvalue weighted by Gasteiger charge is -1.78. The second-order valence-corrected chi connectivity index (χ2v) is 2.40. The van der Waals surface area contributed by atoms with Gasteiger partial charge in [-0.2, -0.15) is 0 Å². The quantitative estimate of drug-likeness (QED) is 0.432. The molecule has 0 aromatic heterocycles. The van der Waals surface area contributed by atoms with E-state index in [1.165, 1.54) is 6.08 Å². The minimum absolute atomic E-state index is 0.907. The molecule has 0 aromatic rings. The molecule has 0 unspecified atom stereocenters. The molecule has 0 atom stereocenters. The molecule has 0 radical (unpaired) electrons. The molecule has 0 fully saturated rings. The zero-order valence-electron chi connectivity index (χ0n) is 5.46. The Hall–Kier alpha value is -0.570.